The highest BCUT2D eigenvalue weighted by molar-refractivity contribution is 5.95. The van der Waals surface area contributed by atoms with Gasteiger partial charge in [-0.15, -0.1) is 0 Å². The predicted molar refractivity (Wildman–Crippen MR) is 92.4 cm³/mol. The van der Waals surface area contributed by atoms with E-state index in [1.54, 1.807) is 20.0 Å². The summed E-state index contributed by atoms with van der Waals surface area (Å²) in [6.07, 6.45) is 1.97. The Hall–Kier alpha value is -2.68. The number of H-pyrrole nitrogens is 1. The minimum atomic E-state index is -0.629. The second kappa shape index (κ2) is 7.69. The molecule has 9 nitrogen and oxygen atoms in total. The summed E-state index contributed by atoms with van der Waals surface area (Å²) in [5.41, 5.74) is -0.341. The van der Waals surface area contributed by atoms with Crippen LogP contribution in [0.4, 0.5) is 0 Å². The maximum Gasteiger partial charge on any atom is 0.349 e. The Morgan fingerprint density at radius 1 is 1.38 bits per heavy atom. The Balaban J connectivity index is 1.68. The molecule has 3 rings (SSSR count). The van der Waals surface area contributed by atoms with Gasteiger partial charge >= 0.3 is 11.3 Å². The number of aryl methyl sites for hydroxylation is 1. The molecule has 26 heavy (non-hydrogen) atoms. The molecule has 0 radical (unpaired) electrons. The third-order valence-corrected chi connectivity index (χ3v) is 4.63. The minimum absolute atomic E-state index is 0.0109. The van der Waals surface area contributed by atoms with E-state index in [2.05, 4.69) is 15.5 Å². The van der Waals surface area contributed by atoms with E-state index in [-0.39, 0.29) is 23.7 Å². The highest BCUT2D eigenvalue weighted by Crippen LogP contribution is 2.26. The molecular formula is C17H22N4O5. The van der Waals surface area contributed by atoms with Crippen LogP contribution in [0.5, 0.6) is 0 Å². The van der Waals surface area contributed by atoms with Crippen molar-refractivity contribution in [3.63, 3.8) is 0 Å². The van der Waals surface area contributed by atoms with Gasteiger partial charge < -0.3 is 14.5 Å². The largest absolute Gasteiger partial charge is 0.427 e. The van der Waals surface area contributed by atoms with E-state index in [0.29, 0.717) is 36.8 Å². The third-order valence-electron chi connectivity index (χ3n) is 4.63. The molecular weight excluding hydrogens is 340 g/mol. The molecule has 2 aromatic heterocycles. The first-order valence-corrected chi connectivity index (χ1v) is 8.58. The van der Waals surface area contributed by atoms with Crippen molar-refractivity contribution in [1.82, 2.24) is 20.1 Å². The summed E-state index contributed by atoms with van der Waals surface area (Å²) in [6, 6.07) is 1.77. The Morgan fingerprint density at radius 2 is 2.12 bits per heavy atom. The molecule has 0 aliphatic carbocycles. The normalized spacial score (nSPS) is 15.2. The Morgan fingerprint density at radius 3 is 2.73 bits per heavy atom. The van der Waals surface area contributed by atoms with E-state index < -0.39 is 11.5 Å². The minimum Gasteiger partial charge on any atom is -0.427 e. The van der Waals surface area contributed by atoms with Crippen molar-refractivity contribution >= 4 is 5.91 Å². The monoisotopic (exact) mass is 362 g/mol. The topological polar surface area (TPSA) is 119 Å². The van der Waals surface area contributed by atoms with E-state index in [4.69, 9.17) is 9.15 Å². The fraction of sp³-hybridized carbons (Fsp3) is 0.529. The second-order valence-electron chi connectivity index (χ2n) is 6.39. The Labute approximate surface area is 149 Å². The average molecular weight is 362 g/mol. The maximum absolute atomic E-state index is 12.4. The van der Waals surface area contributed by atoms with Crippen LogP contribution in [0.15, 0.2) is 20.1 Å². The predicted octanol–water partition coefficient (Wildman–Crippen LogP) is 0.237. The molecule has 9 heteroatoms. The molecule has 140 valence electrons. The molecule has 0 aromatic carbocycles. The average Bonchev–Trinajstić information content (AvgIpc) is 2.94. The van der Waals surface area contributed by atoms with Crippen molar-refractivity contribution < 1.29 is 13.9 Å². The molecule has 0 unspecified atom stereocenters. The number of amides is 1. The molecule has 1 aliphatic heterocycles. The van der Waals surface area contributed by atoms with Gasteiger partial charge in [-0.05, 0) is 31.4 Å². The fourth-order valence-electron chi connectivity index (χ4n) is 3.07. The Bertz CT molecular complexity index is 905. The number of hydrogen-bond donors (Lipinski definition) is 2. The SMILES string of the molecule is Cc1cc(C2CCOCC2)oc(=O)c1C(=O)NCCc1n[nH]c(=O)n1C. The van der Waals surface area contributed by atoms with Crippen LogP contribution in [-0.4, -0.2) is 40.4 Å². The lowest BCUT2D eigenvalue weighted by atomic mass is 9.95. The van der Waals surface area contributed by atoms with Gasteiger partial charge in [0.25, 0.3) is 5.91 Å². The van der Waals surface area contributed by atoms with Gasteiger partial charge in [0.1, 0.15) is 17.1 Å². The van der Waals surface area contributed by atoms with Gasteiger partial charge in [0.2, 0.25) is 0 Å². The van der Waals surface area contributed by atoms with Crippen molar-refractivity contribution in [3.8, 4) is 0 Å². The lowest BCUT2D eigenvalue weighted by Crippen LogP contribution is -2.32. The smallest absolute Gasteiger partial charge is 0.349 e. The highest BCUT2D eigenvalue weighted by atomic mass is 16.5. The van der Waals surface area contributed by atoms with Crippen LogP contribution in [0.2, 0.25) is 0 Å². The zero-order valence-corrected chi connectivity index (χ0v) is 14.8. The fourth-order valence-corrected chi connectivity index (χ4v) is 3.07. The summed E-state index contributed by atoms with van der Waals surface area (Å²) in [7, 11) is 1.59. The summed E-state index contributed by atoms with van der Waals surface area (Å²) in [5.74, 6) is 0.788. The standard InChI is InChI=1S/C17H22N4O5/c1-10-9-12(11-4-7-25-8-5-11)26-16(23)14(10)15(22)18-6-3-13-19-20-17(24)21(13)2/h9,11H,3-8H2,1-2H3,(H,18,22)(H,20,24). The number of rotatable bonds is 5. The van der Waals surface area contributed by atoms with Gasteiger partial charge in [-0.3, -0.25) is 9.36 Å². The third kappa shape index (κ3) is 3.77. The number of ether oxygens (including phenoxy) is 1. The molecule has 1 saturated heterocycles. The van der Waals surface area contributed by atoms with Gasteiger partial charge in [-0.2, -0.15) is 5.10 Å². The number of hydrogen-bond acceptors (Lipinski definition) is 6. The van der Waals surface area contributed by atoms with Crippen LogP contribution in [0, 0.1) is 6.92 Å². The van der Waals surface area contributed by atoms with Gasteiger partial charge in [0.15, 0.2) is 0 Å². The van der Waals surface area contributed by atoms with Crippen molar-refractivity contribution in [3.05, 3.63) is 49.7 Å². The van der Waals surface area contributed by atoms with Crippen molar-refractivity contribution in [2.75, 3.05) is 19.8 Å². The maximum atomic E-state index is 12.4. The van der Waals surface area contributed by atoms with Gasteiger partial charge in [-0.1, -0.05) is 0 Å². The molecule has 0 bridgehead atoms. The van der Waals surface area contributed by atoms with Crippen LogP contribution in [-0.2, 0) is 18.2 Å². The van der Waals surface area contributed by atoms with E-state index in [1.807, 2.05) is 0 Å². The van der Waals surface area contributed by atoms with Crippen LogP contribution in [0.1, 0.15) is 46.3 Å². The van der Waals surface area contributed by atoms with E-state index in [1.165, 1.54) is 4.57 Å². The lowest BCUT2D eigenvalue weighted by molar-refractivity contribution is 0.0795. The quantitative estimate of drug-likeness (QED) is 0.786. The van der Waals surface area contributed by atoms with Gasteiger partial charge in [-0.25, -0.2) is 14.7 Å². The molecule has 0 spiro atoms. The molecule has 2 N–H and O–H groups in total. The van der Waals surface area contributed by atoms with Crippen LogP contribution >= 0.6 is 0 Å². The number of nitrogens with zero attached hydrogens (tertiary/aromatic N) is 2. The van der Waals surface area contributed by atoms with Gasteiger partial charge in [0.05, 0.1) is 0 Å². The molecule has 0 saturated carbocycles. The summed E-state index contributed by atoms with van der Waals surface area (Å²) in [4.78, 5) is 36.0. The number of aromatic nitrogens is 3. The second-order valence-corrected chi connectivity index (χ2v) is 6.39. The van der Waals surface area contributed by atoms with Crippen LogP contribution in [0.3, 0.4) is 0 Å². The zero-order chi connectivity index (χ0) is 18.7. The van der Waals surface area contributed by atoms with E-state index >= 15 is 0 Å². The molecule has 0 atom stereocenters. The highest BCUT2D eigenvalue weighted by Gasteiger charge is 2.22. The first kappa shape index (κ1) is 18.1. The van der Waals surface area contributed by atoms with E-state index in [9.17, 15) is 14.4 Å². The summed E-state index contributed by atoms with van der Waals surface area (Å²) < 4.78 is 12.1. The molecule has 1 aliphatic rings. The van der Waals surface area contributed by atoms with Crippen molar-refractivity contribution in [1.29, 1.82) is 0 Å². The van der Waals surface area contributed by atoms with E-state index in [0.717, 1.165) is 12.8 Å². The number of aromatic amines is 1. The molecule has 1 amide bonds. The summed E-state index contributed by atoms with van der Waals surface area (Å²) >= 11 is 0. The van der Waals surface area contributed by atoms with Crippen LogP contribution in [0.25, 0.3) is 0 Å². The number of nitrogens with one attached hydrogen (secondary N) is 2. The molecule has 2 aromatic rings. The first-order valence-electron chi connectivity index (χ1n) is 8.58. The lowest BCUT2D eigenvalue weighted by Gasteiger charge is -2.21. The summed E-state index contributed by atoms with van der Waals surface area (Å²) in [6.45, 7) is 3.26. The number of carbonyl (C=O) groups excluding carboxylic acids is 1. The zero-order valence-electron chi connectivity index (χ0n) is 14.8. The van der Waals surface area contributed by atoms with Gasteiger partial charge in [0, 0.05) is 39.1 Å². The molecule has 1 fully saturated rings. The number of carbonyl (C=O) groups is 1. The molecule has 3 heterocycles. The van der Waals surface area contributed by atoms with Crippen molar-refractivity contribution in [2.24, 2.45) is 7.05 Å². The first-order chi connectivity index (χ1) is 12.5. The van der Waals surface area contributed by atoms with Crippen molar-refractivity contribution in [2.45, 2.75) is 32.1 Å². The Kier molecular flexibility index (Phi) is 5.36. The summed E-state index contributed by atoms with van der Waals surface area (Å²) in [5, 5.41) is 8.88. The van der Waals surface area contributed by atoms with Crippen LogP contribution < -0.4 is 16.6 Å².